The van der Waals surface area contributed by atoms with Crippen molar-refractivity contribution in [1.82, 2.24) is 0 Å². The first kappa shape index (κ1) is 23.5. The molecule has 1 rings (SSSR count). The second-order valence-corrected chi connectivity index (χ2v) is 7.04. The lowest BCUT2D eigenvalue weighted by Crippen LogP contribution is -2.29. The minimum absolute atomic E-state index is 0.266. The van der Waals surface area contributed by atoms with Crippen LogP contribution < -0.4 is 17.2 Å². The maximum absolute atomic E-state index is 10.3. The van der Waals surface area contributed by atoms with Crippen molar-refractivity contribution in [1.29, 1.82) is 0 Å². The lowest BCUT2D eigenvalue weighted by atomic mass is 10.1. The molecule has 0 saturated heterocycles. The van der Waals surface area contributed by atoms with Crippen LogP contribution in [0.15, 0.2) is 30.3 Å². The fourth-order valence-corrected chi connectivity index (χ4v) is 1.60. The third-order valence-corrected chi connectivity index (χ3v) is 2.65. The minimum atomic E-state index is -3.67. The topological polar surface area (TPSA) is 170 Å². The van der Waals surface area contributed by atoms with E-state index in [9.17, 15) is 13.2 Å². The molecule has 0 amide bonds. The molecule has 25 heavy (non-hydrogen) atoms. The molecule has 0 aliphatic rings. The van der Waals surface area contributed by atoms with Crippen molar-refractivity contribution in [3.8, 4) is 0 Å². The first-order chi connectivity index (χ1) is 12.0. The average molecular weight is 379 g/mol. The van der Waals surface area contributed by atoms with Crippen LogP contribution in [0.1, 0.15) is 31.7 Å². The lowest BCUT2D eigenvalue weighted by molar-refractivity contribution is -0.138. The van der Waals surface area contributed by atoms with Gasteiger partial charge in [0.15, 0.2) is 0 Å². The van der Waals surface area contributed by atoms with Crippen LogP contribution in [-0.4, -0.2) is 48.9 Å². The van der Waals surface area contributed by atoms with Gasteiger partial charge in [-0.05, 0) is 38.3 Å². The maximum atomic E-state index is 10.3. The van der Waals surface area contributed by atoms with Crippen LogP contribution in [0.4, 0.5) is 0 Å². The molecule has 0 heterocycles. The van der Waals surface area contributed by atoms with E-state index in [1.807, 2.05) is 30.8 Å². The van der Waals surface area contributed by atoms with Crippen molar-refractivity contribution >= 4 is 16.1 Å². The molecule has 1 aromatic rings. The Morgan fingerprint density at radius 1 is 1.28 bits per heavy atom. The van der Waals surface area contributed by atoms with E-state index in [1.54, 1.807) is 0 Å². The molecule has 1 aromatic carbocycles. The second kappa shape index (κ2) is 14.8. The van der Waals surface area contributed by atoms with Gasteiger partial charge in [0, 0.05) is 6.04 Å². The largest absolute Gasteiger partial charge is 0.480 e. The Kier molecular flexibility index (Phi) is 13.9. The van der Waals surface area contributed by atoms with E-state index in [-0.39, 0.29) is 6.04 Å². The quantitative estimate of drug-likeness (QED) is 0.323. The third-order valence-electron chi connectivity index (χ3n) is 2.65. The van der Waals surface area contributed by atoms with Crippen molar-refractivity contribution in [3.05, 3.63) is 35.9 Å². The van der Waals surface area contributed by atoms with Gasteiger partial charge in [0.05, 0.1) is 6.26 Å². The minimum Gasteiger partial charge on any atom is -0.480 e. The zero-order valence-corrected chi connectivity index (χ0v) is 15.6. The highest BCUT2D eigenvalue weighted by Crippen LogP contribution is 2.00. The Balaban J connectivity index is 0. The van der Waals surface area contributed by atoms with Gasteiger partial charge in [-0.15, -0.1) is 0 Å². The monoisotopic (exact) mass is 378 g/mol. The molecule has 0 bridgehead atoms. The van der Waals surface area contributed by atoms with Crippen LogP contribution in [0.25, 0.3) is 0 Å². The zero-order chi connectivity index (χ0) is 20.6. The van der Waals surface area contributed by atoms with Gasteiger partial charge in [0.1, 0.15) is 7.45 Å². The van der Waals surface area contributed by atoms with Crippen LogP contribution in [0.3, 0.4) is 0 Å². The predicted octanol–water partition coefficient (Wildman–Crippen LogP) is 0.608. The Morgan fingerprint density at radius 2 is 1.80 bits per heavy atom. The summed E-state index contributed by atoms with van der Waals surface area (Å²) >= 11 is 0. The Hall–Kier alpha value is -1.52. The van der Waals surface area contributed by atoms with Crippen LogP contribution in [0.2, 0.25) is 1.41 Å². The van der Waals surface area contributed by atoms with E-state index in [1.165, 1.54) is 5.56 Å². The number of rotatable bonds is 8. The number of carboxylic acids is 1. The summed E-state index contributed by atoms with van der Waals surface area (Å²) in [4.78, 5) is 10.3. The van der Waals surface area contributed by atoms with E-state index in [4.69, 9.17) is 22.5 Å². The Bertz CT molecular complexity index is 563. The molecular formula is C16H31N3O5S. The number of aliphatic carboxylic acids is 1. The number of carboxylic acid groups (broad SMARTS) is 1. The standard InChI is InChI=1S/C9H13N.C6H14N2O2.CH4O3S/c1-8(10)7-9-5-3-2-4-6-9;7-4-2-1-3-5(8)6(9)10;1-5(2,3)4/h2-6,8H,7,10H2,1H3;5H,1-4,7-8H2,(H,9,10);1H3,(H,2,3,4)/t;5-;/m.0./s1/i/hD. The summed E-state index contributed by atoms with van der Waals surface area (Å²) in [6.07, 6.45) is 3.72. The van der Waals surface area contributed by atoms with Crippen molar-refractivity contribution < 1.29 is 24.3 Å². The predicted molar refractivity (Wildman–Crippen MR) is 99.8 cm³/mol. The fraction of sp³-hybridized carbons (Fsp3) is 0.562. The summed E-state index contributed by atoms with van der Waals surface area (Å²) in [5.41, 5.74) is 14.1. The van der Waals surface area contributed by atoms with Crippen molar-refractivity contribution in [2.75, 3.05) is 12.8 Å². The van der Waals surface area contributed by atoms with Crippen molar-refractivity contribution in [2.24, 2.45) is 17.2 Å². The number of hydrogen-bond acceptors (Lipinski definition) is 6. The molecule has 2 atom stereocenters. The van der Waals surface area contributed by atoms with Gasteiger partial charge in [-0.2, -0.15) is 8.42 Å². The van der Waals surface area contributed by atoms with Gasteiger partial charge in [-0.3, -0.25) is 9.35 Å². The summed E-state index contributed by atoms with van der Waals surface area (Å²) in [5, 5.41) is 8.46. The van der Waals surface area contributed by atoms with Gasteiger partial charge in [-0.25, -0.2) is 0 Å². The molecule has 0 saturated carbocycles. The number of hydrogen-bond donors (Lipinski definition) is 5. The molecular weight excluding hydrogens is 346 g/mol. The molecule has 0 aliphatic carbocycles. The maximum Gasteiger partial charge on any atom is 0.320 e. The van der Waals surface area contributed by atoms with Crippen LogP contribution >= 0.6 is 0 Å². The molecule has 0 spiro atoms. The summed E-state index contributed by atoms with van der Waals surface area (Å²) in [6.45, 7) is 2.59. The SMILES string of the molecule is CC(N)Cc1ccccc1.CS(=O)(=O)O.[2H]N[C@@H](CCCCN)C(=O)O. The van der Waals surface area contributed by atoms with E-state index in [0.717, 1.165) is 19.3 Å². The van der Waals surface area contributed by atoms with E-state index >= 15 is 0 Å². The molecule has 146 valence electrons. The number of carbonyl (C=O) groups is 1. The third kappa shape index (κ3) is 24.8. The van der Waals surface area contributed by atoms with Crippen LogP contribution in [0, 0.1) is 0 Å². The molecule has 9 heteroatoms. The summed E-state index contributed by atoms with van der Waals surface area (Å²) in [7, 11) is -3.67. The molecule has 8 nitrogen and oxygen atoms in total. The fourth-order valence-electron chi connectivity index (χ4n) is 1.60. The van der Waals surface area contributed by atoms with E-state index < -0.39 is 22.1 Å². The molecule has 0 aliphatic heterocycles. The second-order valence-electron chi connectivity index (χ2n) is 5.58. The van der Waals surface area contributed by atoms with Gasteiger partial charge < -0.3 is 22.3 Å². The molecule has 0 radical (unpaired) electrons. The smallest absolute Gasteiger partial charge is 0.320 e. The number of unbranched alkanes of at least 4 members (excludes halogenated alkanes) is 1. The number of benzene rings is 1. The van der Waals surface area contributed by atoms with Gasteiger partial charge in [0.25, 0.3) is 10.1 Å². The average Bonchev–Trinajstić information content (AvgIpc) is 2.51. The summed E-state index contributed by atoms with van der Waals surface area (Å²) < 4.78 is 32.5. The molecule has 1 unspecified atom stereocenters. The normalized spacial score (nSPS) is 13.2. The Labute approximate surface area is 151 Å². The van der Waals surface area contributed by atoms with Gasteiger partial charge >= 0.3 is 5.97 Å². The zero-order valence-electron chi connectivity index (χ0n) is 15.8. The first-order valence-corrected chi connectivity index (χ1v) is 9.68. The lowest BCUT2D eigenvalue weighted by Gasteiger charge is -2.03. The highest BCUT2D eigenvalue weighted by molar-refractivity contribution is 7.85. The molecule has 0 fully saturated rings. The van der Waals surface area contributed by atoms with Crippen molar-refractivity contribution in [3.63, 3.8) is 0 Å². The molecule has 8 N–H and O–H groups in total. The van der Waals surface area contributed by atoms with E-state index in [0.29, 0.717) is 19.2 Å². The number of nitrogens with two attached hydrogens (primary N) is 3. The van der Waals surface area contributed by atoms with E-state index in [2.05, 4.69) is 12.1 Å². The first-order valence-electron chi connectivity index (χ1n) is 8.33. The summed E-state index contributed by atoms with van der Waals surface area (Å²) in [6, 6.07) is 9.82. The van der Waals surface area contributed by atoms with Crippen LogP contribution in [-0.2, 0) is 21.3 Å². The molecule has 0 aromatic heterocycles. The van der Waals surface area contributed by atoms with Crippen molar-refractivity contribution in [2.45, 2.75) is 44.7 Å². The van der Waals surface area contributed by atoms with Gasteiger partial charge in [-0.1, -0.05) is 36.8 Å². The highest BCUT2D eigenvalue weighted by Gasteiger charge is 2.09. The highest BCUT2D eigenvalue weighted by atomic mass is 32.2. The van der Waals surface area contributed by atoms with Gasteiger partial charge in [0.2, 0.25) is 0 Å². The summed E-state index contributed by atoms with van der Waals surface area (Å²) in [5.74, 6) is -0.975. The van der Waals surface area contributed by atoms with Crippen LogP contribution in [0.5, 0.6) is 0 Å². The Morgan fingerprint density at radius 3 is 2.16 bits per heavy atom.